The van der Waals surface area contributed by atoms with Crippen molar-refractivity contribution in [2.24, 2.45) is 0 Å². The van der Waals surface area contributed by atoms with Crippen LogP contribution < -0.4 is 4.90 Å². The van der Waals surface area contributed by atoms with E-state index in [4.69, 9.17) is 0 Å². The summed E-state index contributed by atoms with van der Waals surface area (Å²) in [5, 5.41) is 8.66. The third-order valence-corrected chi connectivity index (χ3v) is 3.98. The fourth-order valence-corrected chi connectivity index (χ4v) is 2.67. The summed E-state index contributed by atoms with van der Waals surface area (Å²) in [5.41, 5.74) is 2.51. The second-order valence-corrected chi connectivity index (χ2v) is 5.70. The van der Waals surface area contributed by atoms with Gasteiger partial charge in [0.1, 0.15) is 0 Å². The molecule has 5 nitrogen and oxygen atoms in total. The van der Waals surface area contributed by atoms with Crippen molar-refractivity contribution in [1.29, 1.82) is 0 Å². The maximum atomic E-state index is 11.9. The van der Waals surface area contributed by atoms with Crippen LogP contribution in [0.25, 0.3) is 11.3 Å². The van der Waals surface area contributed by atoms with Gasteiger partial charge >= 0.3 is 0 Å². The lowest BCUT2D eigenvalue weighted by Crippen LogP contribution is -2.49. The van der Waals surface area contributed by atoms with Crippen LogP contribution in [0, 0.1) is 0 Å². The van der Waals surface area contributed by atoms with Crippen LogP contribution in [0.15, 0.2) is 54.6 Å². The Morgan fingerprint density at radius 2 is 1.70 bits per heavy atom. The normalized spacial score (nSPS) is 14.7. The van der Waals surface area contributed by atoms with Crippen LogP contribution in [-0.4, -0.2) is 47.2 Å². The van der Waals surface area contributed by atoms with E-state index in [1.54, 1.807) is 6.92 Å². The molecule has 2 heterocycles. The molecule has 23 heavy (non-hydrogen) atoms. The Balaban J connectivity index is 1.65. The Bertz CT molecular complexity index is 689. The zero-order chi connectivity index (χ0) is 16.2. The molecule has 1 amide bonds. The first-order valence-corrected chi connectivity index (χ1v) is 7.74. The summed E-state index contributed by atoms with van der Waals surface area (Å²) in [5.74, 6) is 0.891. The van der Waals surface area contributed by atoms with E-state index in [-0.39, 0.29) is 5.91 Å². The first-order valence-electron chi connectivity index (χ1n) is 7.74. The third kappa shape index (κ3) is 3.39. The van der Waals surface area contributed by atoms with E-state index in [2.05, 4.69) is 21.7 Å². The summed E-state index contributed by atoms with van der Waals surface area (Å²) >= 11 is 0. The zero-order valence-electron chi connectivity index (χ0n) is 13.3. The molecular formula is C18H20N4O. The van der Waals surface area contributed by atoms with Crippen molar-refractivity contribution >= 4 is 11.7 Å². The van der Waals surface area contributed by atoms with Gasteiger partial charge in [-0.25, -0.2) is 0 Å². The predicted octanol–water partition coefficient (Wildman–Crippen LogP) is 2.37. The molecule has 118 valence electrons. The Morgan fingerprint density at radius 3 is 2.26 bits per heavy atom. The van der Waals surface area contributed by atoms with Crippen molar-refractivity contribution in [3.05, 3.63) is 54.6 Å². The smallest absolute Gasteiger partial charge is 0.249 e. The summed E-state index contributed by atoms with van der Waals surface area (Å²) in [4.78, 5) is 15.9. The van der Waals surface area contributed by atoms with E-state index in [9.17, 15) is 4.79 Å². The number of piperazine rings is 1. The van der Waals surface area contributed by atoms with Gasteiger partial charge in [0.25, 0.3) is 0 Å². The van der Waals surface area contributed by atoms with Crippen molar-refractivity contribution < 1.29 is 4.79 Å². The van der Waals surface area contributed by atoms with Gasteiger partial charge in [0.15, 0.2) is 5.82 Å². The molecule has 0 radical (unpaired) electrons. The SMILES string of the molecule is C=C(C)C(=O)N1CCN(c2ccc(-c3ccccc3)nn2)CC1. The highest BCUT2D eigenvalue weighted by atomic mass is 16.2. The standard InChI is InChI=1S/C18H20N4O/c1-14(2)18(23)22-12-10-21(11-13-22)17-9-8-16(19-20-17)15-6-4-3-5-7-15/h3-9H,1,10-13H2,2H3. The van der Waals surface area contributed by atoms with Crippen molar-refractivity contribution in [3.8, 4) is 11.3 Å². The van der Waals surface area contributed by atoms with Crippen LogP contribution in [0.1, 0.15) is 6.92 Å². The summed E-state index contributed by atoms with van der Waals surface area (Å²) in [7, 11) is 0. The minimum atomic E-state index is 0.0372. The second-order valence-electron chi connectivity index (χ2n) is 5.70. The van der Waals surface area contributed by atoms with E-state index in [0.717, 1.165) is 30.2 Å². The molecule has 0 atom stereocenters. The molecule has 1 aromatic carbocycles. The van der Waals surface area contributed by atoms with Crippen molar-refractivity contribution in [1.82, 2.24) is 15.1 Å². The molecule has 3 rings (SSSR count). The van der Waals surface area contributed by atoms with E-state index >= 15 is 0 Å². The number of rotatable bonds is 3. The van der Waals surface area contributed by atoms with Crippen LogP contribution in [0.4, 0.5) is 5.82 Å². The first kappa shape index (κ1) is 15.2. The van der Waals surface area contributed by atoms with Crippen molar-refractivity contribution in [2.75, 3.05) is 31.1 Å². The molecule has 1 fully saturated rings. The maximum Gasteiger partial charge on any atom is 0.249 e. The lowest BCUT2D eigenvalue weighted by atomic mass is 10.1. The fourth-order valence-electron chi connectivity index (χ4n) is 2.67. The van der Waals surface area contributed by atoms with E-state index in [1.807, 2.05) is 47.4 Å². The van der Waals surface area contributed by atoms with Crippen LogP contribution in [0.3, 0.4) is 0 Å². The number of carbonyl (C=O) groups is 1. The molecule has 0 bridgehead atoms. The third-order valence-electron chi connectivity index (χ3n) is 3.98. The molecule has 0 saturated carbocycles. The molecule has 1 aliphatic rings. The Hall–Kier alpha value is -2.69. The lowest BCUT2D eigenvalue weighted by Gasteiger charge is -2.35. The molecule has 0 spiro atoms. The molecule has 0 aliphatic carbocycles. The van der Waals surface area contributed by atoms with E-state index < -0.39 is 0 Å². The number of carbonyl (C=O) groups excluding carboxylic acids is 1. The number of benzene rings is 1. The van der Waals surface area contributed by atoms with Crippen LogP contribution in [0.2, 0.25) is 0 Å². The van der Waals surface area contributed by atoms with Gasteiger partial charge in [-0.15, -0.1) is 10.2 Å². The summed E-state index contributed by atoms with van der Waals surface area (Å²) in [6, 6.07) is 14.0. The monoisotopic (exact) mass is 308 g/mol. The molecule has 1 aromatic heterocycles. The van der Waals surface area contributed by atoms with Gasteiger partial charge in [0.2, 0.25) is 5.91 Å². The van der Waals surface area contributed by atoms with Gasteiger partial charge < -0.3 is 9.80 Å². The topological polar surface area (TPSA) is 49.3 Å². The zero-order valence-corrected chi connectivity index (χ0v) is 13.3. The van der Waals surface area contributed by atoms with Crippen LogP contribution in [-0.2, 0) is 4.79 Å². The van der Waals surface area contributed by atoms with Gasteiger partial charge in [0.05, 0.1) is 5.69 Å². The Kier molecular flexibility index (Phi) is 4.37. The minimum Gasteiger partial charge on any atom is -0.352 e. The summed E-state index contributed by atoms with van der Waals surface area (Å²) in [6.07, 6.45) is 0. The van der Waals surface area contributed by atoms with Gasteiger partial charge in [-0.05, 0) is 19.1 Å². The van der Waals surface area contributed by atoms with Gasteiger partial charge in [-0.1, -0.05) is 36.9 Å². The average molecular weight is 308 g/mol. The van der Waals surface area contributed by atoms with Gasteiger partial charge in [-0.3, -0.25) is 4.79 Å². The molecule has 1 aliphatic heterocycles. The van der Waals surface area contributed by atoms with Crippen molar-refractivity contribution in [3.63, 3.8) is 0 Å². The summed E-state index contributed by atoms with van der Waals surface area (Å²) < 4.78 is 0. The number of aromatic nitrogens is 2. The first-order chi connectivity index (χ1) is 11.1. The number of amides is 1. The highest BCUT2D eigenvalue weighted by Gasteiger charge is 2.22. The molecule has 1 saturated heterocycles. The second kappa shape index (κ2) is 6.60. The molecule has 0 N–H and O–H groups in total. The fraction of sp³-hybridized carbons (Fsp3) is 0.278. The Morgan fingerprint density at radius 1 is 1.00 bits per heavy atom. The highest BCUT2D eigenvalue weighted by molar-refractivity contribution is 5.92. The number of anilines is 1. The summed E-state index contributed by atoms with van der Waals surface area (Å²) in [6.45, 7) is 8.37. The number of hydrogen-bond acceptors (Lipinski definition) is 4. The molecule has 2 aromatic rings. The predicted molar refractivity (Wildman–Crippen MR) is 91.1 cm³/mol. The number of hydrogen-bond donors (Lipinski definition) is 0. The Labute approximate surface area is 136 Å². The molecular weight excluding hydrogens is 288 g/mol. The van der Waals surface area contributed by atoms with Crippen LogP contribution in [0.5, 0.6) is 0 Å². The maximum absolute atomic E-state index is 11.9. The molecule has 0 unspecified atom stereocenters. The quantitative estimate of drug-likeness (QED) is 0.817. The molecule has 5 heteroatoms. The number of nitrogens with zero attached hydrogens (tertiary/aromatic N) is 4. The highest BCUT2D eigenvalue weighted by Crippen LogP contribution is 2.19. The average Bonchev–Trinajstić information content (AvgIpc) is 2.62. The van der Waals surface area contributed by atoms with Gasteiger partial charge in [-0.2, -0.15) is 0 Å². The van der Waals surface area contributed by atoms with Crippen molar-refractivity contribution in [2.45, 2.75) is 6.92 Å². The van der Waals surface area contributed by atoms with E-state index in [0.29, 0.717) is 18.7 Å². The lowest BCUT2D eigenvalue weighted by molar-refractivity contribution is -0.127. The minimum absolute atomic E-state index is 0.0372. The van der Waals surface area contributed by atoms with E-state index in [1.165, 1.54) is 0 Å². The van der Waals surface area contributed by atoms with Crippen LogP contribution >= 0.6 is 0 Å². The largest absolute Gasteiger partial charge is 0.352 e. The van der Waals surface area contributed by atoms with Gasteiger partial charge in [0, 0.05) is 37.3 Å².